The highest BCUT2D eigenvalue weighted by Crippen LogP contribution is 2.29. The van der Waals surface area contributed by atoms with Crippen molar-refractivity contribution in [3.63, 3.8) is 0 Å². The maximum atomic E-state index is 12.6. The molecular formula is C22H25N5O2S. The molecule has 8 heteroatoms. The van der Waals surface area contributed by atoms with Gasteiger partial charge in [-0.3, -0.25) is 4.79 Å². The topological polar surface area (TPSA) is 75.4 Å². The molecule has 0 aliphatic carbocycles. The van der Waals surface area contributed by atoms with Crippen molar-refractivity contribution >= 4 is 23.5 Å². The van der Waals surface area contributed by atoms with Crippen LogP contribution in [0, 0.1) is 0 Å². The van der Waals surface area contributed by atoms with Crippen LogP contribution in [0.15, 0.2) is 58.0 Å². The molecule has 1 aliphatic heterocycles. The van der Waals surface area contributed by atoms with Crippen molar-refractivity contribution in [3.05, 3.63) is 54.6 Å². The van der Waals surface area contributed by atoms with Crippen LogP contribution < -0.4 is 4.90 Å². The third-order valence-corrected chi connectivity index (χ3v) is 5.99. The Labute approximate surface area is 180 Å². The SMILES string of the molecule is CC(C)c1nnc(-c2cccnc2N2CCN(C(=O)CSc3ccccc3)CC2)o1. The predicted molar refractivity (Wildman–Crippen MR) is 118 cm³/mol. The molecule has 0 saturated carbocycles. The molecule has 0 atom stereocenters. The number of rotatable bonds is 6. The Morgan fingerprint density at radius 3 is 2.53 bits per heavy atom. The summed E-state index contributed by atoms with van der Waals surface area (Å²) in [5, 5.41) is 8.35. The minimum atomic E-state index is 0.170. The molecule has 4 rings (SSSR count). The second-order valence-electron chi connectivity index (χ2n) is 7.44. The summed E-state index contributed by atoms with van der Waals surface area (Å²) in [6.45, 7) is 6.83. The third-order valence-electron chi connectivity index (χ3n) is 4.99. The first-order valence-electron chi connectivity index (χ1n) is 10.1. The van der Waals surface area contributed by atoms with Gasteiger partial charge in [0.05, 0.1) is 11.3 Å². The molecule has 3 aromatic rings. The molecule has 1 aromatic carbocycles. The van der Waals surface area contributed by atoms with Gasteiger partial charge in [0.25, 0.3) is 5.89 Å². The van der Waals surface area contributed by atoms with Gasteiger partial charge in [-0.1, -0.05) is 32.0 Å². The second-order valence-corrected chi connectivity index (χ2v) is 8.49. The van der Waals surface area contributed by atoms with Gasteiger partial charge in [0.15, 0.2) is 0 Å². The van der Waals surface area contributed by atoms with E-state index >= 15 is 0 Å². The summed E-state index contributed by atoms with van der Waals surface area (Å²) in [6.07, 6.45) is 1.77. The molecule has 0 spiro atoms. The Kier molecular flexibility index (Phi) is 6.32. The number of hydrogen-bond donors (Lipinski definition) is 0. The van der Waals surface area contributed by atoms with Crippen molar-refractivity contribution in [2.75, 3.05) is 36.8 Å². The number of pyridine rings is 1. The van der Waals surface area contributed by atoms with Crippen molar-refractivity contribution in [2.45, 2.75) is 24.7 Å². The number of aromatic nitrogens is 3. The van der Waals surface area contributed by atoms with Crippen LogP contribution in [0.5, 0.6) is 0 Å². The summed E-state index contributed by atoms with van der Waals surface area (Å²) in [5.41, 5.74) is 0.830. The highest BCUT2D eigenvalue weighted by Gasteiger charge is 2.25. The van der Waals surface area contributed by atoms with E-state index in [0.29, 0.717) is 30.6 Å². The monoisotopic (exact) mass is 423 g/mol. The summed E-state index contributed by atoms with van der Waals surface area (Å²) in [4.78, 5) is 22.4. The van der Waals surface area contributed by atoms with E-state index < -0.39 is 0 Å². The van der Waals surface area contributed by atoms with Gasteiger partial charge in [0, 0.05) is 43.2 Å². The third kappa shape index (κ3) is 4.64. The first-order chi connectivity index (χ1) is 14.6. The number of anilines is 1. The van der Waals surface area contributed by atoms with E-state index in [9.17, 15) is 4.79 Å². The van der Waals surface area contributed by atoms with Crippen LogP contribution in [-0.4, -0.2) is 57.9 Å². The van der Waals surface area contributed by atoms with E-state index in [1.54, 1.807) is 18.0 Å². The average molecular weight is 424 g/mol. The molecule has 156 valence electrons. The zero-order valence-electron chi connectivity index (χ0n) is 17.2. The Morgan fingerprint density at radius 2 is 1.83 bits per heavy atom. The van der Waals surface area contributed by atoms with Crippen LogP contribution in [0.3, 0.4) is 0 Å². The lowest BCUT2D eigenvalue weighted by Crippen LogP contribution is -2.49. The first-order valence-corrected chi connectivity index (χ1v) is 11.1. The zero-order chi connectivity index (χ0) is 20.9. The van der Waals surface area contributed by atoms with Crippen LogP contribution in [0.25, 0.3) is 11.5 Å². The molecule has 30 heavy (non-hydrogen) atoms. The van der Waals surface area contributed by atoms with Gasteiger partial charge >= 0.3 is 0 Å². The Balaban J connectivity index is 1.39. The molecule has 1 fully saturated rings. The zero-order valence-corrected chi connectivity index (χ0v) is 18.0. The molecular weight excluding hydrogens is 398 g/mol. The van der Waals surface area contributed by atoms with E-state index in [4.69, 9.17) is 4.42 Å². The Bertz CT molecular complexity index is 984. The molecule has 2 aromatic heterocycles. The molecule has 0 unspecified atom stereocenters. The smallest absolute Gasteiger partial charge is 0.251 e. The fourth-order valence-corrected chi connectivity index (χ4v) is 4.14. The van der Waals surface area contributed by atoms with Crippen molar-refractivity contribution in [3.8, 4) is 11.5 Å². The van der Waals surface area contributed by atoms with Gasteiger partial charge in [-0.15, -0.1) is 22.0 Å². The lowest BCUT2D eigenvalue weighted by molar-refractivity contribution is -0.128. The molecule has 0 radical (unpaired) electrons. The number of hydrogen-bond acceptors (Lipinski definition) is 7. The summed E-state index contributed by atoms with van der Waals surface area (Å²) < 4.78 is 5.84. The lowest BCUT2D eigenvalue weighted by Gasteiger charge is -2.36. The number of carbonyl (C=O) groups excluding carboxylic acids is 1. The maximum Gasteiger partial charge on any atom is 0.251 e. The molecule has 3 heterocycles. The Hall–Kier alpha value is -2.87. The van der Waals surface area contributed by atoms with E-state index in [1.807, 2.05) is 61.2 Å². The molecule has 7 nitrogen and oxygen atoms in total. The van der Waals surface area contributed by atoms with E-state index in [-0.39, 0.29) is 11.8 Å². The van der Waals surface area contributed by atoms with Crippen LogP contribution in [0.1, 0.15) is 25.7 Å². The molecule has 1 saturated heterocycles. The summed E-state index contributed by atoms with van der Waals surface area (Å²) in [5.74, 6) is 2.73. The predicted octanol–water partition coefficient (Wildman–Crippen LogP) is 3.70. The number of nitrogens with zero attached hydrogens (tertiary/aromatic N) is 5. The van der Waals surface area contributed by atoms with Gasteiger partial charge in [-0.25, -0.2) is 4.98 Å². The van der Waals surface area contributed by atoms with Crippen molar-refractivity contribution in [1.82, 2.24) is 20.1 Å². The fourth-order valence-electron chi connectivity index (χ4n) is 3.31. The number of carbonyl (C=O) groups is 1. The lowest BCUT2D eigenvalue weighted by atomic mass is 10.2. The van der Waals surface area contributed by atoms with Gasteiger partial charge in [0.2, 0.25) is 11.8 Å². The number of amides is 1. The van der Waals surface area contributed by atoms with Gasteiger partial charge in [0.1, 0.15) is 5.82 Å². The van der Waals surface area contributed by atoms with Crippen LogP contribution in [0.2, 0.25) is 0 Å². The standard InChI is InChI=1S/C22H25N5O2S/c1-16(2)21-24-25-22(29-21)18-9-6-10-23-20(18)27-13-11-26(12-14-27)19(28)15-30-17-7-4-3-5-8-17/h3-10,16H,11-15H2,1-2H3. The molecule has 0 N–H and O–H groups in total. The summed E-state index contributed by atoms with van der Waals surface area (Å²) >= 11 is 1.58. The van der Waals surface area contributed by atoms with E-state index in [1.165, 1.54) is 0 Å². The number of piperazine rings is 1. The van der Waals surface area contributed by atoms with Crippen molar-refractivity contribution < 1.29 is 9.21 Å². The van der Waals surface area contributed by atoms with Gasteiger partial charge < -0.3 is 14.2 Å². The fraction of sp³-hybridized carbons (Fsp3) is 0.364. The highest BCUT2D eigenvalue weighted by molar-refractivity contribution is 8.00. The molecule has 1 amide bonds. The van der Waals surface area contributed by atoms with Gasteiger partial charge in [-0.2, -0.15) is 0 Å². The van der Waals surface area contributed by atoms with Gasteiger partial charge in [-0.05, 0) is 24.3 Å². The second kappa shape index (κ2) is 9.30. The minimum absolute atomic E-state index is 0.170. The number of benzene rings is 1. The number of thioether (sulfide) groups is 1. The van der Waals surface area contributed by atoms with E-state index in [0.717, 1.165) is 29.4 Å². The molecule has 1 aliphatic rings. The summed E-state index contributed by atoms with van der Waals surface area (Å²) in [6, 6.07) is 13.8. The van der Waals surface area contributed by atoms with Crippen molar-refractivity contribution in [1.29, 1.82) is 0 Å². The normalized spacial score (nSPS) is 14.4. The minimum Gasteiger partial charge on any atom is -0.420 e. The van der Waals surface area contributed by atoms with Crippen LogP contribution >= 0.6 is 11.8 Å². The quantitative estimate of drug-likeness (QED) is 0.560. The Morgan fingerprint density at radius 1 is 1.07 bits per heavy atom. The summed E-state index contributed by atoms with van der Waals surface area (Å²) in [7, 11) is 0. The van der Waals surface area contributed by atoms with Crippen molar-refractivity contribution in [2.24, 2.45) is 0 Å². The van der Waals surface area contributed by atoms with Crippen LogP contribution in [-0.2, 0) is 4.79 Å². The average Bonchev–Trinajstić information content (AvgIpc) is 3.29. The van der Waals surface area contributed by atoms with E-state index in [2.05, 4.69) is 20.1 Å². The molecule has 0 bridgehead atoms. The first kappa shape index (κ1) is 20.4. The largest absolute Gasteiger partial charge is 0.420 e. The van der Waals surface area contributed by atoms with Crippen LogP contribution in [0.4, 0.5) is 5.82 Å². The highest BCUT2D eigenvalue weighted by atomic mass is 32.2. The maximum absolute atomic E-state index is 12.6.